The topological polar surface area (TPSA) is 20.3 Å². The zero-order valence-corrected chi connectivity index (χ0v) is 11.6. The van der Waals surface area contributed by atoms with Crippen LogP contribution in [0.5, 0.6) is 0 Å². The number of benzene rings is 1. The number of rotatable bonds is 3. The number of carbonyl (C=O) groups excluding carboxylic acids is 1. The molecule has 0 N–H and O–H groups in total. The minimum absolute atomic E-state index is 0.160. The molecule has 98 valence electrons. The summed E-state index contributed by atoms with van der Waals surface area (Å²) < 4.78 is 0. The summed E-state index contributed by atoms with van der Waals surface area (Å²) in [6, 6.07) is 9.53. The number of likely N-dealkylation sites (tertiary alicyclic amines) is 1. The SMILES string of the molecule is CC(CCl)C1CCN(C(=O)c2ccccc2)CC1. The molecule has 1 heterocycles. The summed E-state index contributed by atoms with van der Waals surface area (Å²) in [5, 5.41) is 0. The highest BCUT2D eigenvalue weighted by molar-refractivity contribution is 6.18. The average molecular weight is 266 g/mol. The quantitative estimate of drug-likeness (QED) is 0.767. The Labute approximate surface area is 114 Å². The highest BCUT2D eigenvalue weighted by Gasteiger charge is 2.26. The maximum absolute atomic E-state index is 12.2. The first-order valence-electron chi connectivity index (χ1n) is 6.62. The second-order valence-corrected chi connectivity index (χ2v) is 5.44. The van der Waals surface area contributed by atoms with E-state index < -0.39 is 0 Å². The van der Waals surface area contributed by atoms with Gasteiger partial charge in [0.2, 0.25) is 0 Å². The van der Waals surface area contributed by atoms with E-state index in [4.69, 9.17) is 11.6 Å². The minimum Gasteiger partial charge on any atom is -0.339 e. The van der Waals surface area contributed by atoms with Crippen LogP contribution in [-0.2, 0) is 0 Å². The zero-order chi connectivity index (χ0) is 13.0. The van der Waals surface area contributed by atoms with Gasteiger partial charge in [0, 0.05) is 24.5 Å². The smallest absolute Gasteiger partial charge is 0.253 e. The molecule has 0 bridgehead atoms. The predicted octanol–water partition coefficient (Wildman–Crippen LogP) is 3.41. The molecule has 1 unspecified atom stereocenters. The molecular formula is C15H20ClNO. The predicted molar refractivity (Wildman–Crippen MR) is 75.0 cm³/mol. The largest absolute Gasteiger partial charge is 0.339 e. The Morgan fingerprint density at radius 3 is 2.50 bits per heavy atom. The van der Waals surface area contributed by atoms with Gasteiger partial charge in [-0.15, -0.1) is 11.6 Å². The second kappa shape index (κ2) is 6.24. The first-order valence-corrected chi connectivity index (χ1v) is 7.16. The van der Waals surface area contributed by atoms with Crippen molar-refractivity contribution in [3.05, 3.63) is 35.9 Å². The fourth-order valence-electron chi connectivity index (χ4n) is 2.56. The molecule has 0 saturated carbocycles. The first-order chi connectivity index (χ1) is 8.72. The molecule has 0 aromatic heterocycles. The molecule has 1 fully saturated rings. The van der Waals surface area contributed by atoms with E-state index in [9.17, 15) is 4.79 Å². The van der Waals surface area contributed by atoms with Gasteiger partial charge in [0.15, 0.2) is 0 Å². The lowest BCUT2D eigenvalue weighted by atomic mass is 9.86. The summed E-state index contributed by atoms with van der Waals surface area (Å²) in [6.07, 6.45) is 2.15. The standard InChI is InChI=1S/C15H20ClNO/c1-12(11-16)13-7-9-17(10-8-13)15(18)14-5-3-2-4-6-14/h2-6,12-13H,7-11H2,1H3. The van der Waals surface area contributed by atoms with Crippen molar-refractivity contribution in [2.24, 2.45) is 11.8 Å². The summed E-state index contributed by atoms with van der Waals surface area (Å²) >= 11 is 5.90. The molecule has 18 heavy (non-hydrogen) atoms. The van der Waals surface area contributed by atoms with Gasteiger partial charge >= 0.3 is 0 Å². The highest BCUT2D eigenvalue weighted by atomic mass is 35.5. The second-order valence-electron chi connectivity index (χ2n) is 5.13. The van der Waals surface area contributed by atoms with Crippen molar-refractivity contribution in [3.63, 3.8) is 0 Å². The minimum atomic E-state index is 0.160. The van der Waals surface area contributed by atoms with E-state index in [1.807, 2.05) is 35.2 Å². The summed E-state index contributed by atoms with van der Waals surface area (Å²) in [5.74, 6) is 2.10. The van der Waals surface area contributed by atoms with E-state index in [0.717, 1.165) is 37.4 Å². The van der Waals surface area contributed by atoms with Crippen molar-refractivity contribution in [2.75, 3.05) is 19.0 Å². The Kier molecular flexibility index (Phi) is 4.65. The number of nitrogens with zero attached hydrogens (tertiary/aromatic N) is 1. The van der Waals surface area contributed by atoms with Crippen LogP contribution in [0.3, 0.4) is 0 Å². The van der Waals surface area contributed by atoms with Gasteiger partial charge in [-0.05, 0) is 36.8 Å². The number of amides is 1. The van der Waals surface area contributed by atoms with Crippen LogP contribution in [0.4, 0.5) is 0 Å². The molecule has 1 aromatic rings. The molecule has 2 rings (SSSR count). The van der Waals surface area contributed by atoms with Gasteiger partial charge in [-0.2, -0.15) is 0 Å². The number of piperidine rings is 1. The van der Waals surface area contributed by atoms with Crippen LogP contribution in [0.1, 0.15) is 30.1 Å². The molecule has 1 aliphatic heterocycles. The molecule has 1 atom stereocenters. The van der Waals surface area contributed by atoms with E-state index in [1.165, 1.54) is 0 Å². The molecule has 0 aliphatic carbocycles. The van der Waals surface area contributed by atoms with Crippen molar-refractivity contribution < 1.29 is 4.79 Å². The molecule has 3 heteroatoms. The van der Waals surface area contributed by atoms with Crippen LogP contribution in [-0.4, -0.2) is 29.8 Å². The van der Waals surface area contributed by atoms with Gasteiger partial charge in [0.1, 0.15) is 0 Å². The van der Waals surface area contributed by atoms with Crippen LogP contribution in [0.15, 0.2) is 30.3 Å². The fraction of sp³-hybridized carbons (Fsp3) is 0.533. The van der Waals surface area contributed by atoms with Gasteiger partial charge in [0.25, 0.3) is 5.91 Å². The summed E-state index contributed by atoms with van der Waals surface area (Å²) in [7, 11) is 0. The van der Waals surface area contributed by atoms with E-state index in [1.54, 1.807) is 0 Å². The van der Waals surface area contributed by atoms with Crippen LogP contribution < -0.4 is 0 Å². The van der Waals surface area contributed by atoms with Crippen molar-refractivity contribution in [1.29, 1.82) is 0 Å². The Balaban J connectivity index is 1.92. The Bertz CT molecular complexity index is 385. The van der Waals surface area contributed by atoms with Crippen LogP contribution in [0, 0.1) is 11.8 Å². The normalized spacial score (nSPS) is 18.7. The lowest BCUT2D eigenvalue weighted by Crippen LogP contribution is -2.40. The molecule has 1 aromatic carbocycles. The molecule has 1 amide bonds. The average Bonchev–Trinajstić information content (AvgIpc) is 2.47. The zero-order valence-electron chi connectivity index (χ0n) is 10.8. The van der Waals surface area contributed by atoms with Gasteiger partial charge in [-0.25, -0.2) is 0 Å². The van der Waals surface area contributed by atoms with Crippen molar-refractivity contribution in [2.45, 2.75) is 19.8 Å². The third-order valence-electron chi connectivity index (χ3n) is 3.90. The van der Waals surface area contributed by atoms with Gasteiger partial charge in [0.05, 0.1) is 0 Å². The third-order valence-corrected chi connectivity index (χ3v) is 4.38. The monoisotopic (exact) mass is 265 g/mol. The number of hydrogen-bond acceptors (Lipinski definition) is 1. The van der Waals surface area contributed by atoms with E-state index in [0.29, 0.717) is 11.8 Å². The number of alkyl halides is 1. The molecule has 1 aliphatic rings. The Hall–Kier alpha value is -1.02. The molecule has 2 nitrogen and oxygen atoms in total. The van der Waals surface area contributed by atoms with Gasteiger partial charge < -0.3 is 4.90 Å². The summed E-state index contributed by atoms with van der Waals surface area (Å²) in [6.45, 7) is 3.92. The molecular weight excluding hydrogens is 246 g/mol. The number of hydrogen-bond donors (Lipinski definition) is 0. The molecule has 0 spiro atoms. The van der Waals surface area contributed by atoms with E-state index in [2.05, 4.69) is 6.92 Å². The summed E-state index contributed by atoms with van der Waals surface area (Å²) in [4.78, 5) is 14.2. The lowest BCUT2D eigenvalue weighted by Gasteiger charge is -2.34. The fourth-order valence-corrected chi connectivity index (χ4v) is 2.81. The lowest BCUT2D eigenvalue weighted by molar-refractivity contribution is 0.0668. The van der Waals surface area contributed by atoms with E-state index >= 15 is 0 Å². The number of halogens is 1. The van der Waals surface area contributed by atoms with Crippen molar-refractivity contribution in [3.8, 4) is 0 Å². The van der Waals surface area contributed by atoms with Crippen molar-refractivity contribution in [1.82, 2.24) is 4.90 Å². The van der Waals surface area contributed by atoms with E-state index in [-0.39, 0.29) is 5.91 Å². The van der Waals surface area contributed by atoms with Gasteiger partial charge in [-0.1, -0.05) is 25.1 Å². The Morgan fingerprint density at radius 2 is 1.94 bits per heavy atom. The maximum Gasteiger partial charge on any atom is 0.253 e. The number of carbonyl (C=O) groups is 1. The summed E-state index contributed by atoms with van der Waals surface area (Å²) in [5.41, 5.74) is 0.793. The molecule has 1 saturated heterocycles. The van der Waals surface area contributed by atoms with Crippen LogP contribution in [0.25, 0.3) is 0 Å². The first kappa shape index (κ1) is 13.4. The molecule has 0 radical (unpaired) electrons. The van der Waals surface area contributed by atoms with Crippen LogP contribution >= 0.6 is 11.6 Å². The maximum atomic E-state index is 12.2. The van der Waals surface area contributed by atoms with Crippen molar-refractivity contribution >= 4 is 17.5 Å². The van der Waals surface area contributed by atoms with Gasteiger partial charge in [-0.3, -0.25) is 4.79 Å². The highest BCUT2D eigenvalue weighted by Crippen LogP contribution is 2.26. The van der Waals surface area contributed by atoms with Crippen LogP contribution in [0.2, 0.25) is 0 Å². The third kappa shape index (κ3) is 3.05. The Morgan fingerprint density at radius 1 is 1.33 bits per heavy atom.